The van der Waals surface area contributed by atoms with Gasteiger partial charge in [-0.05, 0) is 37.5 Å². The Morgan fingerprint density at radius 1 is 1.23 bits per heavy atom. The first-order valence-corrected chi connectivity index (χ1v) is 10.8. The van der Waals surface area contributed by atoms with E-state index in [0.717, 1.165) is 36.8 Å². The molecule has 0 saturated carbocycles. The number of methoxy groups -OCH3 is 1. The Hall–Kier alpha value is -1.80. The third kappa shape index (κ3) is 9.62. The zero-order chi connectivity index (χ0) is 19.4. The van der Waals surface area contributed by atoms with E-state index in [4.69, 9.17) is 9.47 Å². The molecule has 148 valence electrons. The van der Waals surface area contributed by atoms with Gasteiger partial charge in [0.2, 0.25) is 0 Å². The maximum Gasteiger partial charge on any atom is 0.191 e. The predicted octanol–water partition coefficient (Wildman–Crippen LogP) is 1.16. The molecule has 0 unspecified atom stereocenters. The molecule has 0 heterocycles. The number of rotatable bonds is 11. The molecule has 1 rings (SSSR count). The van der Waals surface area contributed by atoms with Crippen LogP contribution in [0.3, 0.4) is 0 Å². The molecule has 0 fully saturated rings. The highest BCUT2D eigenvalue weighted by molar-refractivity contribution is 7.90. The highest BCUT2D eigenvalue weighted by Crippen LogP contribution is 2.18. The van der Waals surface area contributed by atoms with Crippen molar-refractivity contribution in [2.24, 2.45) is 4.99 Å². The Morgan fingerprint density at radius 3 is 2.65 bits per heavy atom. The van der Waals surface area contributed by atoms with Crippen LogP contribution in [0.15, 0.2) is 23.2 Å². The smallest absolute Gasteiger partial charge is 0.191 e. The van der Waals surface area contributed by atoms with Gasteiger partial charge in [0, 0.05) is 19.3 Å². The molecule has 1 aromatic rings. The number of aryl methyl sites for hydroxylation is 1. The molecule has 0 aliphatic carbocycles. The van der Waals surface area contributed by atoms with Crippen molar-refractivity contribution < 1.29 is 17.9 Å². The summed E-state index contributed by atoms with van der Waals surface area (Å²) in [5.74, 6) is 1.65. The van der Waals surface area contributed by atoms with Crippen molar-refractivity contribution in [3.63, 3.8) is 0 Å². The van der Waals surface area contributed by atoms with Crippen LogP contribution in [0, 0.1) is 6.92 Å². The summed E-state index contributed by atoms with van der Waals surface area (Å²) >= 11 is 0. The van der Waals surface area contributed by atoms with E-state index in [1.54, 1.807) is 7.11 Å². The normalized spacial score (nSPS) is 12.1. The molecular weight excluding hydrogens is 354 g/mol. The Bertz CT molecular complexity index is 675. The quantitative estimate of drug-likeness (QED) is 0.338. The topological polar surface area (TPSA) is 89.0 Å². The summed E-state index contributed by atoms with van der Waals surface area (Å²) in [5.41, 5.74) is 2.31. The summed E-state index contributed by atoms with van der Waals surface area (Å²) in [6, 6.07) is 6.21. The number of aliphatic imine (C=N–C) groups is 1. The van der Waals surface area contributed by atoms with Gasteiger partial charge in [-0.2, -0.15) is 0 Å². The Labute approximate surface area is 157 Å². The fraction of sp³-hybridized carbons (Fsp3) is 0.611. The molecule has 0 spiro atoms. The Kier molecular flexibility index (Phi) is 10.0. The van der Waals surface area contributed by atoms with Crippen molar-refractivity contribution in [1.29, 1.82) is 0 Å². The third-order valence-corrected chi connectivity index (χ3v) is 4.54. The van der Waals surface area contributed by atoms with E-state index < -0.39 is 9.84 Å². The van der Waals surface area contributed by atoms with Gasteiger partial charge in [0.05, 0.1) is 32.6 Å². The highest BCUT2D eigenvalue weighted by atomic mass is 32.2. The number of ether oxygens (including phenoxy) is 2. The highest BCUT2D eigenvalue weighted by Gasteiger charge is 2.03. The number of nitrogens with zero attached hydrogens (tertiary/aromatic N) is 1. The first kappa shape index (κ1) is 22.2. The van der Waals surface area contributed by atoms with Gasteiger partial charge in [-0.15, -0.1) is 0 Å². The summed E-state index contributed by atoms with van der Waals surface area (Å²) in [4.78, 5) is 4.42. The average molecular weight is 386 g/mol. The first-order chi connectivity index (χ1) is 12.4. The summed E-state index contributed by atoms with van der Waals surface area (Å²) < 4.78 is 32.7. The lowest BCUT2D eigenvalue weighted by molar-refractivity contribution is 0.157. The van der Waals surface area contributed by atoms with Crippen LogP contribution < -0.4 is 15.4 Å². The van der Waals surface area contributed by atoms with Crippen molar-refractivity contribution in [2.75, 3.05) is 52.0 Å². The molecule has 0 radical (unpaired) electrons. The fourth-order valence-corrected chi connectivity index (χ4v) is 2.64. The molecule has 0 aliphatic rings. The van der Waals surface area contributed by atoms with Crippen LogP contribution >= 0.6 is 0 Å². The lowest BCUT2D eigenvalue weighted by Gasteiger charge is -2.12. The molecule has 1 aromatic carbocycles. The van der Waals surface area contributed by atoms with Crippen LogP contribution in [0.4, 0.5) is 0 Å². The van der Waals surface area contributed by atoms with Crippen LogP contribution in [0.25, 0.3) is 0 Å². The van der Waals surface area contributed by atoms with Gasteiger partial charge >= 0.3 is 0 Å². The summed E-state index contributed by atoms with van der Waals surface area (Å²) in [6.07, 6.45) is 2.05. The maximum atomic E-state index is 11.0. The summed E-state index contributed by atoms with van der Waals surface area (Å²) in [5, 5.41) is 6.46. The summed E-state index contributed by atoms with van der Waals surface area (Å²) in [6.45, 7) is 6.60. The number of guanidine groups is 1. The van der Waals surface area contributed by atoms with Gasteiger partial charge in [-0.3, -0.25) is 4.99 Å². The van der Waals surface area contributed by atoms with Gasteiger partial charge in [0.15, 0.2) is 5.96 Å². The van der Waals surface area contributed by atoms with Gasteiger partial charge in [0.1, 0.15) is 15.6 Å². The molecular formula is C18H31N3O4S. The van der Waals surface area contributed by atoms with Crippen molar-refractivity contribution in [2.45, 2.75) is 20.3 Å². The largest absolute Gasteiger partial charge is 0.496 e. The monoisotopic (exact) mass is 385 g/mol. The second-order valence-corrected chi connectivity index (χ2v) is 8.24. The van der Waals surface area contributed by atoms with Gasteiger partial charge in [-0.1, -0.05) is 12.1 Å². The second-order valence-electron chi connectivity index (χ2n) is 5.98. The molecule has 8 heteroatoms. The van der Waals surface area contributed by atoms with Crippen molar-refractivity contribution in [3.05, 3.63) is 29.3 Å². The molecule has 0 aliphatic heterocycles. The third-order valence-electron chi connectivity index (χ3n) is 3.63. The van der Waals surface area contributed by atoms with E-state index in [9.17, 15) is 8.42 Å². The van der Waals surface area contributed by atoms with Crippen LogP contribution in [-0.2, 0) is 21.0 Å². The SMILES string of the molecule is CCNC(=NCCOCCS(C)(=O)=O)NCCc1ccc(C)c(OC)c1. The Morgan fingerprint density at radius 2 is 2.00 bits per heavy atom. The summed E-state index contributed by atoms with van der Waals surface area (Å²) in [7, 11) is -1.30. The van der Waals surface area contributed by atoms with E-state index in [1.165, 1.54) is 11.8 Å². The van der Waals surface area contributed by atoms with Gasteiger partial charge in [0.25, 0.3) is 0 Å². The lowest BCUT2D eigenvalue weighted by Crippen LogP contribution is -2.38. The molecule has 26 heavy (non-hydrogen) atoms. The van der Waals surface area contributed by atoms with E-state index in [2.05, 4.69) is 33.8 Å². The molecule has 2 N–H and O–H groups in total. The first-order valence-electron chi connectivity index (χ1n) is 8.77. The van der Waals surface area contributed by atoms with E-state index in [-0.39, 0.29) is 12.4 Å². The number of hydrogen-bond donors (Lipinski definition) is 2. The number of hydrogen-bond acceptors (Lipinski definition) is 5. The zero-order valence-corrected chi connectivity index (χ0v) is 17.0. The van der Waals surface area contributed by atoms with Crippen LogP contribution in [0.1, 0.15) is 18.1 Å². The number of benzene rings is 1. The standard InChI is InChI=1S/C18H31N3O4S/c1-5-19-18(21-10-11-25-12-13-26(4,22)23)20-9-8-16-7-6-15(2)17(14-16)24-3/h6-7,14H,5,8-13H2,1-4H3,(H2,19,20,21). The molecule has 0 bridgehead atoms. The van der Waals surface area contributed by atoms with Crippen LogP contribution in [-0.4, -0.2) is 66.3 Å². The zero-order valence-electron chi connectivity index (χ0n) is 16.2. The second kappa shape index (κ2) is 11.7. The molecule has 7 nitrogen and oxygen atoms in total. The Balaban J connectivity index is 2.37. The van der Waals surface area contributed by atoms with Crippen LogP contribution in [0.2, 0.25) is 0 Å². The molecule has 0 amide bonds. The number of nitrogens with one attached hydrogen (secondary N) is 2. The fourth-order valence-electron chi connectivity index (χ4n) is 2.22. The van der Waals surface area contributed by atoms with E-state index in [1.807, 2.05) is 13.8 Å². The van der Waals surface area contributed by atoms with Crippen LogP contribution in [0.5, 0.6) is 5.75 Å². The van der Waals surface area contributed by atoms with Crippen molar-refractivity contribution in [1.82, 2.24) is 10.6 Å². The van der Waals surface area contributed by atoms with Crippen molar-refractivity contribution >= 4 is 15.8 Å². The minimum Gasteiger partial charge on any atom is -0.496 e. The predicted molar refractivity (Wildman–Crippen MR) is 106 cm³/mol. The minimum atomic E-state index is -2.98. The number of sulfone groups is 1. The maximum absolute atomic E-state index is 11.0. The molecule has 0 saturated heterocycles. The van der Waals surface area contributed by atoms with Gasteiger partial charge in [-0.25, -0.2) is 8.42 Å². The average Bonchev–Trinajstić information content (AvgIpc) is 2.58. The van der Waals surface area contributed by atoms with Crippen molar-refractivity contribution in [3.8, 4) is 5.75 Å². The van der Waals surface area contributed by atoms with E-state index >= 15 is 0 Å². The van der Waals surface area contributed by atoms with E-state index in [0.29, 0.717) is 13.2 Å². The van der Waals surface area contributed by atoms with Gasteiger partial charge < -0.3 is 20.1 Å². The minimum absolute atomic E-state index is 0.0367. The molecule has 0 atom stereocenters. The lowest BCUT2D eigenvalue weighted by atomic mass is 10.1. The molecule has 0 aromatic heterocycles.